The highest BCUT2D eigenvalue weighted by atomic mass is 16.5. The van der Waals surface area contributed by atoms with Gasteiger partial charge in [0.2, 0.25) is 0 Å². The lowest BCUT2D eigenvalue weighted by Gasteiger charge is -2.45. The first-order valence-corrected chi connectivity index (χ1v) is 16.5. The van der Waals surface area contributed by atoms with Crippen LogP contribution in [0.5, 0.6) is 34.5 Å². The van der Waals surface area contributed by atoms with Crippen molar-refractivity contribution in [1.82, 2.24) is 0 Å². The molecule has 0 spiro atoms. The van der Waals surface area contributed by atoms with Gasteiger partial charge in [-0.2, -0.15) is 0 Å². The molecule has 2 unspecified atom stereocenters. The molecule has 1 fully saturated rings. The Kier molecular flexibility index (Phi) is 6.86. The van der Waals surface area contributed by atoms with E-state index in [0.717, 1.165) is 62.3 Å². The van der Waals surface area contributed by atoms with Crippen molar-refractivity contribution in [2.24, 2.45) is 5.92 Å². The van der Waals surface area contributed by atoms with Crippen LogP contribution in [0.4, 0.5) is 0 Å². The average Bonchev–Trinajstić information content (AvgIpc) is 3.11. The molecule has 5 aromatic rings. The first-order chi connectivity index (χ1) is 22.5. The van der Waals surface area contributed by atoms with Crippen LogP contribution in [-0.2, 0) is 10.8 Å². The predicted molar refractivity (Wildman–Crippen MR) is 183 cm³/mol. The molecule has 0 radical (unpaired) electrons. The van der Waals surface area contributed by atoms with E-state index in [2.05, 4.69) is 86.6 Å². The fraction of sp³-hybridized carbons (Fsp3) is 0.286. The van der Waals surface area contributed by atoms with Gasteiger partial charge in [0.1, 0.15) is 34.5 Å². The summed E-state index contributed by atoms with van der Waals surface area (Å²) in [7, 11) is 3.43. The molecule has 46 heavy (non-hydrogen) atoms. The SMILES string of the molecule is COc1cccc(OC)c1C1(C)c2ccccc2Oc2cc(-c3ccc4c(c3)Oc3ccccc3C4(C)C3CCCCC3)ccc21. The van der Waals surface area contributed by atoms with Gasteiger partial charge >= 0.3 is 0 Å². The molecule has 232 valence electrons. The molecule has 4 heteroatoms. The minimum absolute atomic E-state index is 0.0819. The van der Waals surface area contributed by atoms with Crippen LogP contribution < -0.4 is 18.9 Å². The van der Waals surface area contributed by atoms with Crippen LogP contribution >= 0.6 is 0 Å². The van der Waals surface area contributed by atoms with E-state index in [9.17, 15) is 0 Å². The molecule has 2 atom stereocenters. The highest BCUT2D eigenvalue weighted by molar-refractivity contribution is 5.75. The summed E-state index contributed by atoms with van der Waals surface area (Å²) in [4.78, 5) is 0. The maximum atomic E-state index is 6.67. The van der Waals surface area contributed by atoms with Crippen molar-refractivity contribution < 1.29 is 18.9 Å². The molecule has 1 saturated carbocycles. The Morgan fingerprint density at radius 3 is 1.67 bits per heavy atom. The van der Waals surface area contributed by atoms with E-state index in [1.54, 1.807) is 14.2 Å². The Labute approximate surface area is 271 Å². The second-order valence-corrected chi connectivity index (χ2v) is 13.3. The van der Waals surface area contributed by atoms with Crippen molar-refractivity contribution in [3.63, 3.8) is 0 Å². The number of hydrogen-bond acceptors (Lipinski definition) is 4. The van der Waals surface area contributed by atoms with Crippen LogP contribution in [0.15, 0.2) is 103 Å². The van der Waals surface area contributed by atoms with Crippen LogP contribution in [0, 0.1) is 5.92 Å². The van der Waals surface area contributed by atoms with Gasteiger partial charge in [0, 0.05) is 27.7 Å². The molecular weight excluding hydrogens is 568 g/mol. The topological polar surface area (TPSA) is 36.9 Å². The van der Waals surface area contributed by atoms with Gasteiger partial charge in [-0.3, -0.25) is 0 Å². The third-order valence-corrected chi connectivity index (χ3v) is 11.1. The Hall–Kier alpha value is -4.70. The van der Waals surface area contributed by atoms with E-state index < -0.39 is 5.41 Å². The number of rotatable bonds is 5. The summed E-state index contributed by atoms with van der Waals surface area (Å²) >= 11 is 0. The first kappa shape index (κ1) is 28.8. The third kappa shape index (κ3) is 4.19. The van der Waals surface area contributed by atoms with Crippen molar-refractivity contribution >= 4 is 0 Å². The van der Waals surface area contributed by atoms with E-state index in [1.165, 1.54) is 43.2 Å². The molecule has 0 bridgehead atoms. The number of hydrogen-bond donors (Lipinski definition) is 0. The number of para-hydroxylation sites is 2. The van der Waals surface area contributed by atoms with E-state index in [0.29, 0.717) is 5.92 Å². The van der Waals surface area contributed by atoms with Gasteiger partial charge < -0.3 is 18.9 Å². The number of methoxy groups -OCH3 is 2. The molecular formula is C42H40O4. The van der Waals surface area contributed by atoms with E-state index in [1.807, 2.05) is 30.3 Å². The summed E-state index contributed by atoms with van der Waals surface area (Å²) < 4.78 is 25.2. The van der Waals surface area contributed by atoms with Crippen LogP contribution in [0.1, 0.15) is 73.8 Å². The Morgan fingerprint density at radius 2 is 1.04 bits per heavy atom. The van der Waals surface area contributed by atoms with Gasteiger partial charge in [-0.15, -0.1) is 0 Å². The van der Waals surface area contributed by atoms with E-state index in [4.69, 9.17) is 18.9 Å². The molecule has 0 amide bonds. The van der Waals surface area contributed by atoms with Crippen molar-refractivity contribution in [3.8, 4) is 45.6 Å². The molecule has 8 rings (SSSR count). The number of fused-ring (bicyclic) bond motifs is 4. The fourth-order valence-electron chi connectivity index (χ4n) is 8.63. The van der Waals surface area contributed by atoms with Crippen molar-refractivity contribution in [3.05, 3.63) is 131 Å². The first-order valence-electron chi connectivity index (χ1n) is 16.5. The lowest BCUT2D eigenvalue weighted by molar-refractivity contribution is 0.236. The minimum atomic E-state index is -0.578. The highest BCUT2D eigenvalue weighted by Gasteiger charge is 2.45. The lowest BCUT2D eigenvalue weighted by atomic mass is 9.61. The minimum Gasteiger partial charge on any atom is -0.496 e. The van der Waals surface area contributed by atoms with E-state index in [-0.39, 0.29) is 5.41 Å². The van der Waals surface area contributed by atoms with Crippen LogP contribution in [0.3, 0.4) is 0 Å². The standard InChI is InChI=1S/C42H40O4/c1-41(29-13-6-5-7-14-29)30-15-8-10-17-34(30)45-38-25-27(21-23-32(38)41)28-22-24-33-39(26-28)46-35-18-11-9-16-31(35)42(33,2)40-36(43-3)19-12-20-37(40)44-4/h8-12,15-26,29H,5-7,13-14H2,1-4H3. The third-order valence-electron chi connectivity index (χ3n) is 11.1. The van der Waals surface area contributed by atoms with Crippen molar-refractivity contribution in [1.29, 1.82) is 0 Å². The molecule has 0 aromatic heterocycles. The van der Waals surface area contributed by atoms with Gasteiger partial charge in [-0.05, 0) is 73.2 Å². The van der Waals surface area contributed by atoms with Crippen molar-refractivity contribution in [2.75, 3.05) is 14.2 Å². The zero-order valence-corrected chi connectivity index (χ0v) is 27.1. The zero-order chi connectivity index (χ0) is 31.5. The summed E-state index contributed by atoms with van der Waals surface area (Å²) in [5.41, 5.74) is 7.24. The van der Waals surface area contributed by atoms with Gasteiger partial charge in [0.15, 0.2) is 0 Å². The predicted octanol–water partition coefficient (Wildman–Crippen LogP) is 10.8. The lowest BCUT2D eigenvalue weighted by Crippen LogP contribution is -2.37. The Bertz CT molecular complexity index is 1930. The van der Waals surface area contributed by atoms with Crippen LogP contribution in [-0.4, -0.2) is 14.2 Å². The second kappa shape index (κ2) is 11.0. The molecule has 2 aliphatic heterocycles. The maximum absolute atomic E-state index is 6.67. The molecule has 2 heterocycles. The van der Waals surface area contributed by atoms with Gasteiger partial charge in [-0.25, -0.2) is 0 Å². The van der Waals surface area contributed by atoms with Gasteiger partial charge in [-0.1, -0.05) is 92.9 Å². The van der Waals surface area contributed by atoms with Crippen LogP contribution in [0.2, 0.25) is 0 Å². The summed E-state index contributed by atoms with van der Waals surface area (Å²) in [6.45, 7) is 4.68. The highest BCUT2D eigenvalue weighted by Crippen LogP contribution is 2.58. The number of ether oxygens (including phenoxy) is 4. The quantitative estimate of drug-likeness (QED) is 0.199. The summed E-state index contributed by atoms with van der Waals surface area (Å²) in [6.07, 6.45) is 6.45. The van der Waals surface area contributed by atoms with Gasteiger partial charge in [0.25, 0.3) is 0 Å². The van der Waals surface area contributed by atoms with Crippen molar-refractivity contribution in [2.45, 2.75) is 56.8 Å². The molecule has 0 N–H and O–H groups in total. The van der Waals surface area contributed by atoms with Crippen LogP contribution in [0.25, 0.3) is 11.1 Å². The molecule has 5 aromatic carbocycles. The monoisotopic (exact) mass is 608 g/mol. The number of benzene rings is 5. The average molecular weight is 609 g/mol. The molecule has 4 nitrogen and oxygen atoms in total. The molecule has 0 saturated heterocycles. The molecule has 3 aliphatic rings. The van der Waals surface area contributed by atoms with Gasteiger partial charge in [0.05, 0.1) is 25.2 Å². The fourth-order valence-corrected chi connectivity index (χ4v) is 8.63. The zero-order valence-electron chi connectivity index (χ0n) is 27.1. The summed E-state index contributed by atoms with van der Waals surface area (Å²) in [5.74, 6) is 5.74. The smallest absolute Gasteiger partial charge is 0.132 e. The molecule has 1 aliphatic carbocycles. The second-order valence-electron chi connectivity index (χ2n) is 13.3. The maximum Gasteiger partial charge on any atom is 0.132 e. The van der Waals surface area contributed by atoms with E-state index >= 15 is 0 Å². The Morgan fingerprint density at radius 1 is 0.543 bits per heavy atom. The summed E-state index contributed by atoms with van der Waals surface area (Å²) in [5, 5.41) is 0. The Balaban J connectivity index is 1.26. The largest absolute Gasteiger partial charge is 0.496 e. The normalized spacial score (nSPS) is 21.5. The summed E-state index contributed by atoms with van der Waals surface area (Å²) in [6, 6.07) is 36.3.